The second-order valence-electron chi connectivity index (χ2n) is 9.97. The minimum absolute atomic E-state index is 0.0793. The van der Waals surface area contributed by atoms with Crippen molar-refractivity contribution in [3.05, 3.63) is 58.3 Å². The number of esters is 1. The Bertz CT molecular complexity index is 1640. The Morgan fingerprint density at radius 3 is 2.17 bits per heavy atom. The molecule has 3 aromatic rings. The van der Waals surface area contributed by atoms with E-state index in [1.165, 1.54) is 38.2 Å². The minimum Gasteiger partial charge on any atom is -0.465 e. The number of hydrogen-bond donors (Lipinski definition) is 0. The van der Waals surface area contributed by atoms with Crippen LogP contribution in [0.15, 0.2) is 35.5 Å². The molecule has 1 unspecified atom stereocenters. The molecule has 0 N–H and O–H groups in total. The highest BCUT2D eigenvalue weighted by molar-refractivity contribution is 6.06. The van der Waals surface area contributed by atoms with Crippen LogP contribution in [0.5, 0.6) is 5.75 Å². The lowest BCUT2D eigenvalue weighted by Gasteiger charge is -2.45. The Balaban J connectivity index is 1.86. The Morgan fingerprint density at radius 2 is 1.61 bits per heavy atom. The predicted molar refractivity (Wildman–Crippen MR) is 127 cm³/mol. The highest BCUT2D eigenvalue weighted by Crippen LogP contribution is 2.61. The molecule has 2 aromatic carbocycles. The monoisotopic (exact) mass is 591 g/mol. The predicted octanol–water partition coefficient (Wildman–Crippen LogP) is 7.30. The quantitative estimate of drug-likeness (QED) is 0.220. The molecule has 0 radical (unpaired) electrons. The number of carbonyl (C=O) groups excluding carboxylic acids is 1. The third kappa shape index (κ3) is 3.91. The molecule has 218 valence electrons. The second-order valence-corrected chi connectivity index (χ2v) is 9.97. The summed E-state index contributed by atoms with van der Waals surface area (Å²) < 4.78 is 138. The zero-order valence-corrected chi connectivity index (χ0v) is 21.4. The molecule has 2 aliphatic rings. The fraction of sp³-hybridized carbons (Fsp3) is 0.346. The maximum absolute atomic E-state index is 14.4. The molecule has 1 aromatic heterocycles. The number of benzene rings is 2. The number of pyridine rings is 1. The van der Waals surface area contributed by atoms with Gasteiger partial charge in [-0.15, -0.1) is 0 Å². The molecule has 6 nitrogen and oxygen atoms in total. The third-order valence-electron chi connectivity index (χ3n) is 7.44. The molecule has 0 saturated heterocycles. The van der Waals surface area contributed by atoms with Crippen molar-refractivity contribution in [3.63, 3.8) is 0 Å². The average molecular weight is 591 g/mol. The molecule has 0 amide bonds. The van der Waals surface area contributed by atoms with Crippen LogP contribution >= 0.6 is 0 Å². The second kappa shape index (κ2) is 8.49. The first-order valence-electron chi connectivity index (χ1n) is 11.7. The summed E-state index contributed by atoms with van der Waals surface area (Å²) in [7, 11) is 2.06. The summed E-state index contributed by atoms with van der Waals surface area (Å²) in [6.45, 7) is 2.45. The van der Waals surface area contributed by atoms with Crippen molar-refractivity contribution in [3.8, 4) is 5.75 Å². The number of likely N-dealkylation sites (N-methyl/N-ethyl adjacent to an activating group) is 1. The number of ether oxygens (including phenoxy) is 2. The number of hydrogen-bond acceptors (Lipinski definition) is 6. The molecule has 15 heteroatoms. The van der Waals surface area contributed by atoms with Crippen molar-refractivity contribution in [1.82, 2.24) is 4.98 Å². The number of halogens is 9. The number of anilines is 1. The number of alkyl halides is 9. The summed E-state index contributed by atoms with van der Waals surface area (Å²) in [5, 5.41) is 0.231. The molecule has 41 heavy (non-hydrogen) atoms. The maximum Gasteiger partial charge on any atom is 0.419 e. The Hall–Kier alpha value is -4.04. The highest BCUT2D eigenvalue weighted by atomic mass is 19.4. The van der Waals surface area contributed by atoms with E-state index in [1.807, 2.05) is 0 Å². The number of aromatic nitrogens is 1. The summed E-state index contributed by atoms with van der Waals surface area (Å²) in [5.41, 5.74) is -13.8. The number of nitrogens with zero attached hydrogens (tertiary/aromatic N) is 3. The highest BCUT2D eigenvalue weighted by Gasteiger charge is 2.64. The Kier molecular flexibility index (Phi) is 5.90. The SMILES string of the molecule is COC(=O)c1cc2ncccc2c2c1N=CC1(O2)N(C)c2c(cc(C(F)(F)F)c(C(F)(F)F)c2C(F)(F)F)C1(C)C. The lowest BCUT2D eigenvalue weighted by Crippen LogP contribution is -2.61. The molecular formula is C26H18F9N3O3. The molecule has 0 saturated carbocycles. The van der Waals surface area contributed by atoms with Crippen LogP contribution in [0.4, 0.5) is 50.9 Å². The first kappa shape index (κ1) is 28.5. The first-order valence-corrected chi connectivity index (χ1v) is 11.7. The third-order valence-corrected chi connectivity index (χ3v) is 7.44. The summed E-state index contributed by atoms with van der Waals surface area (Å²) in [5.74, 6) is -1.04. The van der Waals surface area contributed by atoms with Crippen LogP contribution in [0.1, 0.15) is 46.5 Å². The molecule has 0 bridgehead atoms. The van der Waals surface area contributed by atoms with E-state index in [-0.39, 0.29) is 34.0 Å². The summed E-state index contributed by atoms with van der Waals surface area (Å²) in [4.78, 5) is 21.6. The van der Waals surface area contributed by atoms with Crippen LogP contribution in [0, 0.1) is 0 Å². The summed E-state index contributed by atoms with van der Waals surface area (Å²) >= 11 is 0. The van der Waals surface area contributed by atoms with E-state index >= 15 is 0 Å². The number of aliphatic imine (C=N–C) groups is 1. The van der Waals surface area contributed by atoms with E-state index in [1.54, 1.807) is 0 Å². The van der Waals surface area contributed by atoms with Crippen LogP contribution < -0.4 is 9.64 Å². The molecule has 0 fully saturated rings. The topological polar surface area (TPSA) is 64.0 Å². The standard InChI is InChI=1S/C26H18F9N3O3/c1-22(2)14-9-13(24(27,28)29)16(25(30,31)32)17(26(33,34)35)19(14)38(3)23(22)10-37-18-12(21(39)40-4)8-15-11(20(18)41-23)6-5-7-36-15/h5-10H,1-4H3. The maximum atomic E-state index is 14.4. The van der Waals surface area contributed by atoms with Gasteiger partial charge in [-0.3, -0.25) is 9.98 Å². The van der Waals surface area contributed by atoms with Gasteiger partial charge in [0.05, 0.1) is 52.2 Å². The van der Waals surface area contributed by atoms with Gasteiger partial charge < -0.3 is 14.4 Å². The number of carbonyl (C=O) groups is 1. The van der Waals surface area contributed by atoms with Gasteiger partial charge in [-0.2, -0.15) is 39.5 Å². The molecule has 1 atom stereocenters. The fourth-order valence-electron chi connectivity index (χ4n) is 5.52. The van der Waals surface area contributed by atoms with Gasteiger partial charge >= 0.3 is 24.5 Å². The lowest BCUT2D eigenvalue weighted by molar-refractivity contribution is -0.174. The largest absolute Gasteiger partial charge is 0.465 e. The van der Waals surface area contributed by atoms with Gasteiger partial charge in [0.2, 0.25) is 5.72 Å². The molecule has 1 spiro atoms. The average Bonchev–Trinajstić information content (AvgIpc) is 3.02. The zero-order chi connectivity index (χ0) is 30.5. The van der Waals surface area contributed by atoms with Crippen LogP contribution in [0.2, 0.25) is 0 Å². The van der Waals surface area contributed by atoms with Gasteiger partial charge in [0.15, 0.2) is 5.75 Å². The fourth-order valence-corrected chi connectivity index (χ4v) is 5.52. The first-order chi connectivity index (χ1) is 18.8. The van der Waals surface area contributed by atoms with Crippen LogP contribution in [-0.4, -0.2) is 37.1 Å². The Labute approximate surface area is 225 Å². The van der Waals surface area contributed by atoms with Gasteiger partial charge in [0, 0.05) is 18.6 Å². The molecular weight excluding hydrogens is 573 g/mol. The summed E-state index contributed by atoms with van der Waals surface area (Å²) in [6, 6.07) is 4.40. The van der Waals surface area contributed by atoms with Gasteiger partial charge in [-0.1, -0.05) is 0 Å². The molecule has 5 rings (SSSR count). The zero-order valence-electron chi connectivity index (χ0n) is 21.4. The molecule has 0 aliphatic carbocycles. The van der Waals surface area contributed by atoms with Crippen molar-refractivity contribution in [2.24, 2.45) is 4.99 Å². The van der Waals surface area contributed by atoms with E-state index in [4.69, 9.17) is 9.47 Å². The van der Waals surface area contributed by atoms with Crippen LogP contribution in [-0.2, 0) is 28.7 Å². The van der Waals surface area contributed by atoms with E-state index < -0.39 is 63.6 Å². The van der Waals surface area contributed by atoms with Crippen LogP contribution in [0.3, 0.4) is 0 Å². The van der Waals surface area contributed by atoms with E-state index in [0.717, 1.165) is 20.4 Å². The van der Waals surface area contributed by atoms with E-state index in [9.17, 15) is 44.3 Å². The van der Waals surface area contributed by atoms with E-state index in [0.29, 0.717) is 4.90 Å². The van der Waals surface area contributed by atoms with Crippen molar-refractivity contribution >= 4 is 34.5 Å². The van der Waals surface area contributed by atoms with Crippen molar-refractivity contribution < 1.29 is 53.8 Å². The number of fused-ring (bicyclic) bond motifs is 4. The van der Waals surface area contributed by atoms with Crippen LogP contribution in [0.25, 0.3) is 10.9 Å². The van der Waals surface area contributed by atoms with Gasteiger partial charge in [-0.05, 0) is 43.7 Å². The normalized spacial score (nSPS) is 19.8. The van der Waals surface area contributed by atoms with Gasteiger partial charge in [-0.25, -0.2) is 4.79 Å². The van der Waals surface area contributed by atoms with Crippen molar-refractivity contribution in [2.75, 3.05) is 19.1 Å². The lowest BCUT2D eigenvalue weighted by atomic mass is 9.76. The van der Waals surface area contributed by atoms with Crippen molar-refractivity contribution in [2.45, 2.75) is 43.5 Å². The minimum atomic E-state index is -6.02. The van der Waals surface area contributed by atoms with Crippen molar-refractivity contribution in [1.29, 1.82) is 0 Å². The summed E-state index contributed by atoms with van der Waals surface area (Å²) in [6.07, 6.45) is -15.3. The van der Waals surface area contributed by atoms with Gasteiger partial charge in [0.25, 0.3) is 0 Å². The number of rotatable bonds is 1. The smallest absolute Gasteiger partial charge is 0.419 e. The van der Waals surface area contributed by atoms with E-state index in [2.05, 4.69) is 9.98 Å². The van der Waals surface area contributed by atoms with Gasteiger partial charge in [0.1, 0.15) is 5.69 Å². The number of methoxy groups -OCH3 is 1. The molecule has 2 aliphatic heterocycles. The molecule has 3 heterocycles. The Morgan fingerprint density at radius 1 is 0.976 bits per heavy atom.